The van der Waals surface area contributed by atoms with Crippen molar-refractivity contribution in [2.75, 3.05) is 0 Å². The van der Waals surface area contributed by atoms with Gasteiger partial charge < -0.3 is 5.32 Å². The summed E-state index contributed by atoms with van der Waals surface area (Å²) in [6.45, 7) is 0.225. The van der Waals surface area contributed by atoms with Gasteiger partial charge in [-0.25, -0.2) is 13.6 Å². The van der Waals surface area contributed by atoms with Gasteiger partial charge in [0.2, 0.25) is 10.0 Å². The number of hydrogen-bond acceptors (Lipinski definition) is 3. The predicted octanol–water partition coefficient (Wildman–Crippen LogP) is 2.57. The van der Waals surface area contributed by atoms with Crippen LogP contribution in [0.3, 0.4) is 0 Å². The Hall–Kier alpha value is -1.60. The number of rotatable bonds is 4. The summed E-state index contributed by atoms with van der Waals surface area (Å²) in [7, 11) is -3.72. The van der Waals surface area contributed by atoms with Crippen LogP contribution in [0, 0.1) is 0 Å². The Bertz CT molecular complexity index is 805. The zero-order valence-corrected chi connectivity index (χ0v) is 13.5. The van der Waals surface area contributed by atoms with Crippen LogP contribution in [0.15, 0.2) is 47.4 Å². The number of benzene rings is 2. The first-order chi connectivity index (χ1) is 10.3. The number of amides is 1. The Balaban J connectivity index is 2.05. The van der Waals surface area contributed by atoms with Gasteiger partial charge in [-0.05, 0) is 35.9 Å². The van der Waals surface area contributed by atoms with Crippen molar-refractivity contribution >= 4 is 39.1 Å². The van der Waals surface area contributed by atoms with Gasteiger partial charge in [-0.15, -0.1) is 0 Å². The summed E-state index contributed by atoms with van der Waals surface area (Å²) in [5.41, 5.74) is 1.04. The van der Waals surface area contributed by atoms with E-state index in [9.17, 15) is 13.2 Å². The fraction of sp³-hybridized carbons (Fsp3) is 0.0714. The van der Waals surface area contributed by atoms with E-state index >= 15 is 0 Å². The fourth-order valence-electron chi connectivity index (χ4n) is 1.75. The standard InChI is InChI=1S/C14H12Cl2N2O3S/c15-10-3-6-12(13(16)7-10)14(19)18-8-9-1-4-11(5-2-9)22(17,20)21/h1-7H,8H2,(H,18,19)(H2,17,20,21). The number of carbonyl (C=O) groups excluding carboxylic acids is 1. The maximum absolute atomic E-state index is 12.0. The monoisotopic (exact) mass is 358 g/mol. The SMILES string of the molecule is NS(=O)(=O)c1ccc(CNC(=O)c2ccc(Cl)cc2Cl)cc1. The van der Waals surface area contributed by atoms with Crippen molar-refractivity contribution < 1.29 is 13.2 Å². The van der Waals surface area contributed by atoms with Crippen molar-refractivity contribution in [1.82, 2.24) is 5.32 Å². The lowest BCUT2D eigenvalue weighted by Crippen LogP contribution is -2.23. The second-order valence-electron chi connectivity index (χ2n) is 4.50. The number of primary sulfonamides is 1. The third kappa shape index (κ3) is 4.20. The average Bonchev–Trinajstić information content (AvgIpc) is 2.44. The Morgan fingerprint density at radius 2 is 1.73 bits per heavy atom. The lowest BCUT2D eigenvalue weighted by molar-refractivity contribution is 0.0951. The Kier molecular flexibility index (Phi) is 5.08. The maximum Gasteiger partial charge on any atom is 0.253 e. The van der Waals surface area contributed by atoms with Crippen LogP contribution >= 0.6 is 23.2 Å². The summed E-state index contributed by atoms with van der Waals surface area (Å²) in [6, 6.07) is 10.5. The number of hydrogen-bond donors (Lipinski definition) is 2. The highest BCUT2D eigenvalue weighted by molar-refractivity contribution is 7.89. The topological polar surface area (TPSA) is 89.3 Å². The first-order valence-electron chi connectivity index (χ1n) is 6.12. The largest absolute Gasteiger partial charge is 0.348 e. The summed E-state index contributed by atoms with van der Waals surface area (Å²) in [4.78, 5) is 12.0. The van der Waals surface area contributed by atoms with Crippen LogP contribution in [0.5, 0.6) is 0 Å². The van der Waals surface area contributed by atoms with E-state index in [-0.39, 0.29) is 22.4 Å². The molecule has 0 bridgehead atoms. The van der Waals surface area contributed by atoms with Gasteiger partial charge >= 0.3 is 0 Å². The number of sulfonamides is 1. The third-order valence-electron chi connectivity index (χ3n) is 2.88. The Morgan fingerprint density at radius 1 is 1.09 bits per heavy atom. The molecule has 0 saturated carbocycles. The second kappa shape index (κ2) is 6.66. The molecule has 22 heavy (non-hydrogen) atoms. The van der Waals surface area contributed by atoms with Crippen molar-refractivity contribution in [3.63, 3.8) is 0 Å². The van der Waals surface area contributed by atoms with E-state index in [2.05, 4.69) is 5.32 Å². The van der Waals surface area contributed by atoms with Crippen LogP contribution in [0.4, 0.5) is 0 Å². The summed E-state index contributed by atoms with van der Waals surface area (Å²) in [6.07, 6.45) is 0. The number of halogens is 2. The van der Waals surface area contributed by atoms with Crippen molar-refractivity contribution in [3.05, 3.63) is 63.6 Å². The lowest BCUT2D eigenvalue weighted by atomic mass is 10.2. The zero-order valence-electron chi connectivity index (χ0n) is 11.2. The molecule has 0 aliphatic heterocycles. The molecule has 2 aromatic carbocycles. The first-order valence-corrected chi connectivity index (χ1v) is 8.42. The van der Waals surface area contributed by atoms with E-state index in [1.165, 1.54) is 24.3 Å². The smallest absolute Gasteiger partial charge is 0.253 e. The highest BCUT2D eigenvalue weighted by atomic mass is 35.5. The third-order valence-corrected chi connectivity index (χ3v) is 4.36. The van der Waals surface area contributed by atoms with Gasteiger partial charge in [-0.2, -0.15) is 0 Å². The molecular formula is C14H12Cl2N2O3S. The van der Waals surface area contributed by atoms with Crippen molar-refractivity contribution in [1.29, 1.82) is 0 Å². The quantitative estimate of drug-likeness (QED) is 0.879. The van der Waals surface area contributed by atoms with Crippen LogP contribution in [0.25, 0.3) is 0 Å². The van der Waals surface area contributed by atoms with E-state index in [1.807, 2.05) is 0 Å². The average molecular weight is 359 g/mol. The van der Waals surface area contributed by atoms with E-state index in [4.69, 9.17) is 28.3 Å². The number of nitrogens with one attached hydrogen (secondary N) is 1. The van der Waals surface area contributed by atoms with Crippen molar-refractivity contribution in [2.24, 2.45) is 5.14 Å². The molecule has 116 valence electrons. The normalized spacial score (nSPS) is 11.2. The molecule has 1 amide bonds. The molecule has 0 radical (unpaired) electrons. The second-order valence-corrected chi connectivity index (χ2v) is 6.90. The molecule has 8 heteroatoms. The Labute approximate surface area is 138 Å². The lowest BCUT2D eigenvalue weighted by Gasteiger charge is -2.07. The van der Waals surface area contributed by atoms with E-state index in [0.717, 1.165) is 5.56 Å². The molecule has 0 aliphatic rings. The van der Waals surface area contributed by atoms with Gasteiger partial charge in [0, 0.05) is 11.6 Å². The predicted molar refractivity (Wildman–Crippen MR) is 85.4 cm³/mol. The molecule has 0 heterocycles. The van der Waals surface area contributed by atoms with Gasteiger partial charge in [-0.3, -0.25) is 4.79 Å². The van der Waals surface area contributed by atoms with Crippen LogP contribution in [-0.2, 0) is 16.6 Å². The van der Waals surface area contributed by atoms with Gasteiger partial charge in [0.25, 0.3) is 5.91 Å². The molecule has 0 saturated heterocycles. The van der Waals surface area contributed by atoms with Gasteiger partial charge in [0.15, 0.2) is 0 Å². The summed E-state index contributed by atoms with van der Waals surface area (Å²) < 4.78 is 22.3. The first kappa shape index (κ1) is 16.8. The molecule has 5 nitrogen and oxygen atoms in total. The summed E-state index contributed by atoms with van der Waals surface area (Å²) >= 11 is 11.7. The molecule has 0 unspecified atom stereocenters. The van der Waals surface area contributed by atoms with Crippen molar-refractivity contribution in [2.45, 2.75) is 11.4 Å². The van der Waals surface area contributed by atoms with E-state index in [1.54, 1.807) is 18.2 Å². The minimum Gasteiger partial charge on any atom is -0.348 e. The maximum atomic E-state index is 12.0. The molecule has 0 fully saturated rings. The number of carbonyl (C=O) groups is 1. The molecule has 0 aromatic heterocycles. The van der Waals surface area contributed by atoms with Gasteiger partial charge in [0.05, 0.1) is 15.5 Å². The highest BCUT2D eigenvalue weighted by Gasteiger charge is 2.11. The molecule has 2 aromatic rings. The minimum absolute atomic E-state index is 0.0170. The summed E-state index contributed by atoms with van der Waals surface area (Å²) in [5.74, 6) is -0.350. The molecule has 2 rings (SSSR count). The van der Waals surface area contributed by atoms with E-state index < -0.39 is 10.0 Å². The number of nitrogens with two attached hydrogens (primary N) is 1. The molecule has 0 spiro atoms. The molecular weight excluding hydrogens is 347 g/mol. The Morgan fingerprint density at radius 3 is 2.27 bits per heavy atom. The molecule has 3 N–H and O–H groups in total. The van der Waals surface area contributed by atoms with Crippen LogP contribution in [0.2, 0.25) is 10.0 Å². The van der Waals surface area contributed by atoms with E-state index in [0.29, 0.717) is 10.6 Å². The van der Waals surface area contributed by atoms with Crippen LogP contribution in [-0.4, -0.2) is 14.3 Å². The minimum atomic E-state index is -3.72. The zero-order chi connectivity index (χ0) is 16.3. The molecule has 0 aliphatic carbocycles. The highest BCUT2D eigenvalue weighted by Crippen LogP contribution is 2.21. The van der Waals surface area contributed by atoms with Crippen LogP contribution < -0.4 is 10.5 Å². The van der Waals surface area contributed by atoms with Gasteiger partial charge in [-0.1, -0.05) is 35.3 Å². The fourth-order valence-corrected chi connectivity index (χ4v) is 2.76. The van der Waals surface area contributed by atoms with Crippen molar-refractivity contribution in [3.8, 4) is 0 Å². The molecule has 0 atom stereocenters. The summed E-state index contributed by atoms with van der Waals surface area (Å²) in [5, 5.41) is 8.40. The van der Waals surface area contributed by atoms with Crippen LogP contribution in [0.1, 0.15) is 15.9 Å². The van der Waals surface area contributed by atoms with Gasteiger partial charge in [0.1, 0.15) is 0 Å².